The van der Waals surface area contributed by atoms with Crippen LogP contribution < -0.4 is 0 Å². The molecule has 7 nitrogen and oxygen atoms in total. The van der Waals surface area contributed by atoms with Crippen molar-refractivity contribution in [2.75, 3.05) is 12.9 Å². The molecule has 1 fully saturated rings. The number of H-pyrrole nitrogens is 1. The summed E-state index contributed by atoms with van der Waals surface area (Å²) in [4.78, 5) is 27.8. The van der Waals surface area contributed by atoms with Crippen molar-refractivity contribution in [2.24, 2.45) is 0 Å². The smallest absolute Gasteiger partial charge is 0.339 e. The van der Waals surface area contributed by atoms with Gasteiger partial charge < -0.3 is 9.72 Å². The molecule has 1 aliphatic carbocycles. The summed E-state index contributed by atoms with van der Waals surface area (Å²) in [5, 5.41) is 9.00. The predicted molar refractivity (Wildman–Crippen MR) is 110 cm³/mol. The number of methoxy groups -OCH3 is 1. The van der Waals surface area contributed by atoms with Crippen molar-refractivity contribution in [2.45, 2.75) is 37.9 Å². The number of nitrogens with zero attached hydrogens (tertiary/aromatic N) is 3. The van der Waals surface area contributed by atoms with Gasteiger partial charge in [0.2, 0.25) is 0 Å². The molecule has 0 spiro atoms. The van der Waals surface area contributed by atoms with Crippen LogP contribution in [0.3, 0.4) is 0 Å². The Morgan fingerprint density at radius 1 is 1.27 bits per heavy atom. The van der Waals surface area contributed by atoms with Gasteiger partial charge in [-0.15, -0.1) is 10.2 Å². The second-order valence-electron chi connectivity index (χ2n) is 7.22. The van der Waals surface area contributed by atoms with Crippen LogP contribution in [0.25, 0.3) is 11.4 Å². The first kappa shape index (κ1) is 20.3. The molecular formula is C21H21FN4O3S. The first-order valence-electron chi connectivity index (χ1n) is 9.55. The highest BCUT2D eigenvalue weighted by molar-refractivity contribution is 7.99. The number of thioether (sulfide) groups is 1. The number of rotatable bonds is 7. The maximum atomic E-state index is 14.3. The third-order valence-electron chi connectivity index (χ3n) is 5.13. The molecule has 0 aliphatic heterocycles. The summed E-state index contributed by atoms with van der Waals surface area (Å²) in [6.45, 7) is 3.45. The molecule has 3 aromatic rings. The number of benzene rings is 1. The number of hydrogen-bond acceptors (Lipinski definition) is 6. The third-order valence-corrected chi connectivity index (χ3v) is 6.07. The van der Waals surface area contributed by atoms with Gasteiger partial charge in [-0.25, -0.2) is 9.18 Å². The standard InChI is InChI=1S/C21H21FN4O3S/c1-11-17(20(28)29-3)12(2)23-18(11)16(27)10-30-21-25-24-19(26(21)13-8-9-13)14-6-4-5-7-15(14)22/h4-7,13,23H,8-10H2,1-3H3. The van der Waals surface area contributed by atoms with Gasteiger partial charge >= 0.3 is 5.97 Å². The van der Waals surface area contributed by atoms with Crippen LogP contribution >= 0.6 is 11.8 Å². The van der Waals surface area contributed by atoms with Crippen molar-refractivity contribution >= 4 is 23.5 Å². The van der Waals surface area contributed by atoms with Gasteiger partial charge in [-0.05, 0) is 44.4 Å². The fourth-order valence-electron chi connectivity index (χ4n) is 3.50. The topological polar surface area (TPSA) is 89.9 Å². The summed E-state index contributed by atoms with van der Waals surface area (Å²) in [6, 6.07) is 6.68. The van der Waals surface area contributed by atoms with Gasteiger partial charge in [0.1, 0.15) is 5.82 Å². The number of nitrogens with one attached hydrogen (secondary N) is 1. The van der Waals surface area contributed by atoms with E-state index in [4.69, 9.17) is 4.74 Å². The Balaban J connectivity index is 1.57. The van der Waals surface area contributed by atoms with E-state index in [-0.39, 0.29) is 23.4 Å². The molecule has 156 valence electrons. The monoisotopic (exact) mass is 428 g/mol. The Labute approximate surface area is 177 Å². The number of esters is 1. The van der Waals surface area contributed by atoms with E-state index in [1.54, 1.807) is 32.0 Å². The zero-order valence-corrected chi connectivity index (χ0v) is 17.7. The number of aromatic amines is 1. The molecule has 0 unspecified atom stereocenters. The third kappa shape index (κ3) is 3.65. The summed E-state index contributed by atoms with van der Waals surface area (Å²) in [6.07, 6.45) is 1.94. The van der Waals surface area contributed by atoms with Gasteiger partial charge in [0, 0.05) is 11.7 Å². The number of carbonyl (C=O) groups excluding carboxylic acids is 2. The van der Waals surface area contributed by atoms with Gasteiger partial charge in [0.25, 0.3) is 0 Å². The molecule has 0 saturated heterocycles. The summed E-state index contributed by atoms with van der Waals surface area (Å²) >= 11 is 1.26. The second kappa shape index (κ2) is 8.06. The average Bonchev–Trinajstić information content (AvgIpc) is 3.42. The molecule has 0 atom stereocenters. The van der Waals surface area contributed by atoms with Gasteiger partial charge in [0.05, 0.1) is 29.7 Å². The average molecular weight is 428 g/mol. The Hall–Kier alpha value is -2.94. The first-order valence-corrected chi connectivity index (χ1v) is 10.5. The quantitative estimate of drug-likeness (QED) is 0.346. The number of ether oxygens (including phenoxy) is 1. The molecule has 9 heteroatoms. The Bertz CT molecular complexity index is 1130. The van der Waals surface area contributed by atoms with E-state index >= 15 is 0 Å². The van der Waals surface area contributed by atoms with Crippen LogP contribution in [0.2, 0.25) is 0 Å². The van der Waals surface area contributed by atoms with E-state index in [1.807, 2.05) is 4.57 Å². The van der Waals surface area contributed by atoms with Gasteiger partial charge in [-0.3, -0.25) is 9.36 Å². The molecule has 0 amide bonds. The predicted octanol–water partition coefficient (Wildman–Crippen LogP) is 4.13. The number of hydrogen-bond donors (Lipinski definition) is 1. The number of Topliss-reactive ketones (excluding diaryl/α,β-unsaturated/α-hetero) is 1. The number of aryl methyl sites for hydroxylation is 1. The molecule has 30 heavy (non-hydrogen) atoms. The Morgan fingerprint density at radius 3 is 2.67 bits per heavy atom. The minimum absolute atomic E-state index is 0.115. The van der Waals surface area contributed by atoms with E-state index in [1.165, 1.54) is 24.9 Å². The van der Waals surface area contributed by atoms with Crippen LogP contribution in [-0.2, 0) is 4.74 Å². The van der Waals surface area contributed by atoms with E-state index < -0.39 is 5.97 Å². The minimum Gasteiger partial charge on any atom is -0.465 e. The number of halogens is 1. The molecule has 2 heterocycles. The highest BCUT2D eigenvalue weighted by atomic mass is 32.2. The van der Waals surface area contributed by atoms with Crippen molar-refractivity contribution < 1.29 is 18.7 Å². The lowest BCUT2D eigenvalue weighted by Crippen LogP contribution is -2.08. The highest BCUT2D eigenvalue weighted by Crippen LogP contribution is 2.41. The Kier molecular flexibility index (Phi) is 5.46. The molecule has 2 aromatic heterocycles. The van der Waals surface area contributed by atoms with E-state index in [0.717, 1.165) is 12.8 Å². The SMILES string of the molecule is COC(=O)c1c(C)[nH]c(C(=O)CSc2nnc(-c3ccccc3F)n2C2CC2)c1C. The highest BCUT2D eigenvalue weighted by Gasteiger charge is 2.31. The minimum atomic E-state index is -0.476. The number of carbonyl (C=O) groups is 2. The molecule has 1 aromatic carbocycles. The Morgan fingerprint density at radius 2 is 2.00 bits per heavy atom. The molecular weight excluding hydrogens is 407 g/mol. The summed E-state index contributed by atoms with van der Waals surface area (Å²) < 4.78 is 21.0. The lowest BCUT2D eigenvalue weighted by Gasteiger charge is -2.09. The number of aromatic nitrogens is 4. The van der Waals surface area contributed by atoms with Gasteiger partial charge in [-0.1, -0.05) is 23.9 Å². The van der Waals surface area contributed by atoms with Gasteiger partial charge in [-0.2, -0.15) is 0 Å². The first-order chi connectivity index (χ1) is 14.4. The van der Waals surface area contributed by atoms with Crippen LogP contribution in [0, 0.1) is 19.7 Å². The van der Waals surface area contributed by atoms with Crippen LogP contribution in [0.1, 0.15) is 51.0 Å². The van der Waals surface area contributed by atoms with Crippen LogP contribution in [0.5, 0.6) is 0 Å². The molecule has 4 rings (SSSR count). The van der Waals surface area contributed by atoms with E-state index in [9.17, 15) is 14.0 Å². The fraction of sp³-hybridized carbons (Fsp3) is 0.333. The van der Waals surface area contributed by atoms with Crippen LogP contribution in [0.15, 0.2) is 29.4 Å². The normalized spacial score (nSPS) is 13.5. The van der Waals surface area contributed by atoms with Crippen LogP contribution in [0.4, 0.5) is 4.39 Å². The van der Waals surface area contributed by atoms with Crippen LogP contribution in [-0.4, -0.2) is 44.4 Å². The molecule has 1 saturated carbocycles. The van der Waals surface area contributed by atoms with Crippen molar-refractivity contribution in [3.8, 4) is 11.4 Å². The van der Waals surface area contributed by atoms with Gasteiger partial charge in [0.15, 0.2) is 16.8 Å². The fourth-order valence-corrected chi connectivity index (χ4v) is 4.38. The lowest BCUT2D eigenvalue weighted by molar-refractivity contribution is 0.0599. The molecule has 0 bridgehead atoms. The van der Waals surface area contributed by atoms with Crippen molar-refractivity contribution in [1.29, 1.82) is 0 Å². The summed E-state index contributed by atoms with van der Waals surface area (Å²) in [5.41, 5.74) is 2.33. The zero-order chi connectivity index (χ0) is 21.4. The van der Waals surface area contributed by atoms with Crippen molar-refractivity contribution in [3.63, 3.8) is 0 Å². The maximum Gasteiger partial charge on any atom is 0.339 e. The number of ketones is 1. The summed E-state index contributed by atoms with van der Waals surface area (Å²) in [5.74, 6) is -0.397. The van der Waals surface area contributed by atoms with Crippen molar-refractivity contribution in [3.05, 3.63) is 52.6 Å². The second-order valence-corrected chi connectivity index (χ2v) is 8.16. The van der Waals surface area contributed by atoms with E-state index in [2.05, 4.69) is 15.2 Å². The molecule has 1 N–H and O–H groups in total. The summed E-state index contributed by atoms with van der Waals surface area (Å²) in [7, 11) is 1.31. The zero-order valence-electron chi connectivity index (χ0n) is 16.9. The van der Waals surface area contributed by atoms with Crippen molar-refractivity contribution in [1.82, 2.24) is 19.7 Å². The molecule has 1 aliphatic rings. The maximum absolute atomic E-state index is 14.3. The molecule has 0 radical (unpaired) electrons. The largest absolute Gasteiger partial charge is 0.465 e. The van der Waals surface area contributed by atoms with E-state index in [0.29, 0.717) is 39.1 Å². The lowest BCUT2D eigenvalue weighted by atomic mass is 10.1.